The van der Waals surface area contributed by atoms with Crippen LogP contribution in [-0.4, -0.2) is 65.5 Å². The highest BCUT2D eigenvalue weighted by Crippen LogP contribution is 2.29. The van der Waals surface area contributed by atoms with Crippen molar-refractivity contribution in [2.24, 2.45) is 0 Å². The van der Waals surface area contributed by atoms with Gasteiger partial charge in [0.1, 0.15) is 11.2 Å². The molecule has 0 saturated carbocycles. The van der Waals surface area contributed by atoms with Crippen molar-refractivity contribution in [3.63, 3.8) is 0 Å². The highest BCUT2D eigenvalue weighted by molar-refractivity contribution is 5.70. The van der Waals surface area contributed by atoms with Gasteiger partial charge in [-0.3, -0.25) is 4.90 Å². The molecule has 0 bridgehead atoms. The first-order valence-corrected chi connectivity index (χ1v) is 12.5. The summed E-state index contributed by atoms with van der Waals surface area (Å²) in [6, 6.07) is 3.26. The largest absolute Gasteiger partial charge is 0.444 e. The minimum atomic E-state index is -0.574. The van der Waals surface area contributed by atoms with E-state index in [-0.39, 0.29) is 17.6 Å². The number of pyridine rings is 2. The summed E-state index contributed by atoms with van der Waals surface area (Å²) in [7, 11) is 0. The molecule has 1 fully saturated rings. The molecule has 0 aromatic carbocycles. The summed E-state index contributed by atoms with van der Waals surface area (Å²) < 4.78 is 23.2. The molecule has 200 valence electrons. The van der Waals surface area contributed by atoms with Crippen LogP contribution in [0.2, 0.25) is 0 Å². The average molecular weight is 522 g/mol. The van der Waals surface area contributed by atoms with Crippen LogP contribution in [0.5, 0.6) is 0 Å². The number of carbonyl (C=O) groups excluding carboxylic acids is 1. The molecule has 0 N–H and O–H groups in total. The standard InChI is InChI=1S/C27H32FN7O3/c1-16-10-19(32-8-9-35(27(6,7)15-32)25(37)38-26(3,4)5)14-34-22(16)30-21(31-24(34)36)18-11-20(28)23-29-17(2)12-33(23)13-18/h10-14H,8-9,15H2,1-7H3. The number of rotatable bonds is 2. The molecule has 1 saturated heterocycles. The van der Waals surface area contributed by atoms with Gasteiger partial charge < -0.3 is 14.0 Å². The zero-order valence-corrected chi connectivity index (χ0v) is 22.7. The van der Waals surface area contributed by atoms with Crippen LogP contribution in [0, 0.1) is 19.7 Å². The molecule has 5 heterocycles. The van der Waals surface area contributed by atoms with Crippen LogP contribution >= 0.6 is 0 Å². The van der Waals surface area contributed by atoms with Gasteiger partial charge in [0, 0.05) is 43.8 Å². The van der Waals surface area contributed by atoms with Gasteiger partial charge in [-0.15, -0.1) is 0 Å². The normalized spacial score (nSPS) is 15.9. The Balaban J connectivity index is 1.47. The lowest BCUT2D eigenvalue weighted by molar-refractivity contribution is 0.000369. The molecule has 1 aliphatic heterocycles. The number of nitrogens with zero attached hydrogens (tertiary/aromatic N) is 7. The molecule has 0 radical (unpaired) electrons. The van der Waals surface area contributed by atoms with E-state index < -0.39 is 22.6 Å². The number of halogens is 1. The number of ether oxygens (including phenoxy) is 1. The number of hydrogen-bond acceptors (Lipinski definition) is 7. The molecule has 4 aromatic heterocycles. The van der Waals surface area contributed by atoms with E-state index in [9.17, 15) is 14.0 Å². The van der Waals surface area contributed by atoms with Gasteiger partial charge in [-0.2, -0.15) is 4.98 Å². The summed E-state index contributed by atoms with van der Waals surface area (Å²) in [5.74, 6) is -0.371. The van der Waals surface area contributed by atoms with Crippen molar-refractivity contribution in [2.45, 2.75) is 59.6 Å². The van der Waals surface area contributed by atoms with Crippen molar-refractivity contribution in [2.75, 3.05) is 24.5 Å². The summed E-state index contributed by atoms with van der Waals surface area (Å²) >= 11 is 0. The number of fused-ring (bicyclic) bond motifs is 2. The van der Waals surface area contributed by atoms with Gasteiger partial charge >= 0.3 is 11.8 Å². The Morgan fingerprint density at radius 1 is 1.03 bits per heavy atom. The monoisotopic (exact) mass is 521 g/mol. The molecule has 4 aromatic rings. The predicted octanol–water partition coefficient (Wildman–Crippen LogP) is 4.00. The number of anilines is 1. The number of piperazine rings is 1. The third-order valence-corrected chi connectivity index (χ3v) is 6.59. The number of hydrogen-bond donors (Lipinski definition) is 0. The fourth-order valence-electron chi connectivity index (χ4n) is 4.90. The molecule has 11 heteroatoms. The lowest BCUT2D eigenvalue weighted by atomic mass is 9.99. The van der Waals surface area contributed by atoms with Crippen LogP contribution in [0.15, 0.2) is 35.5 Å². The van der Waals surface area contributed by atoms with Gasteiger partial charge in [-0.25, -0.2) is 28.3 Å². The second-order valence-electron chi connectivity index (χ2n) is 11.5. The Kier molecular flexibility index (Phi) is 5.92. The molecule has 1 amide bonds. The number of carbonyl (C=O) groups is 1. The number of imidazole rings is 1. The minimum absolute atomic E-state index is 0.144. The van der Waals surface area contributed by atoms with E-state index >= 15 is 0 Å². The first-order valence-electron chi connectivity index (χ1n) is 12.5. The van der Waals surface area contributed by atoms with Crippen LogP contribution in [0.1, 0.15) is 45.9 Å². The third-order valence-electron chi connectivity index (χ3n) is 6.59. The molecule has 0 spiro atoms. The highest BCUT2D eigenvalue weighted by Gasteiger charge is 2.39. The number of aromatic nitrogens is 5. The molecule has 5 rings (SSSR count). The van der Waals surface area contributed by atoms with Gasteiger partial charge in [0.25, 0.3) is 0 Å². The maximum atomic E-state index is 14.7. The van der Waals surface area contributed by atoms with E-state index in [1.807, 2.05) is 47.6 Å². The summed E-state index contributed by atoms with van der Waals surface area (Å²) in [6.45, 7) is 14.8. The van der Waals surface area contributed by atoms with Gasteiger partial charge in [-0.05, 0) is 66.2 Å². The molecule has 1 aliphatic rings. The Morgan fingerprint density at radius 3 is 2.45 bits per heavy atom. The molecular formula is C27H32FN7O3. The van der Waals surface area contributed by atoms with Crippen molar-refractivity contribution in [3.05, 3.63) is 58.3 Å². The third kappa shape index (κ3) is 4.68. The SMILES string of the molecule is Cc1cn2cc(-c3nc(=O)n4cc(N5CCN(C(=O)OC(C)(C)C)C(C)(C)C5)cc(C)c4n3)cc(F)c2n1. The Labute approximate surface area is 219 Å². The zero-order valence-electron chi connectivity index (χ0n) is 22.7. The number of aryl methyl sites for hydroxylation is 2. The summed E-state index contributed by atoms with van der Waals surface area (Å²) in [6.07, 6.45) is 4.75. The highest BCUT2D eigenvalue weighted by atomic mass is 19.1. The Bertz CT molecular complexity index is 1630. The molecule has 0 aliphatic carbocycles. The quantitative estimate of drug-likeness (QED) is 0.393. The molecule has 38 heavy (non-hydrogen) atoms. The predicted molar refractivity (Wildman–Crippen MR) is 142 cm³/mol. The molecule has 10 nitrogen and oxygen atoms in total. The van der Waals surface area contributed by atoms with Crippen molar-refractivity contribution < 1.29 is 13.9 Å². The number of amides is 1. The zero-order chi connectivity index (χ0) is 27.6. The smallest absolute Gasteiger partial charge is 0.410 e. The van der Waals surface area contributed by atoms with Gasteiger partial charge in [0.2, 0.25) is 0 Å². The summed E-state index contributed by atoms with van der Waals surface area (Å²) in [5, 5.41) is 0. The lowest BCUT2D eigenvalue weighted by Gasteiger charge is -2.47. The fourth-order valence-corrected chi connectivity index (χ4v) is 4.90. The van der Waals surface area contributed by atoms with Crippen molar-refractivity contribution >= 4 is 23.1 Å². The van der Waals surface area contributed by atoms with Crippen molar-refractivity contribution in [1.82, 2.24) is 28.7 Å². The molecule has 0 unspecified atom stereocenters. The maximum absolute atomic E-state index is 14.7. The van der Waals surface area contributed by atoms with E-state index in [2.05, 4.69) is 19.9 Å². The van der Waals surface area contributed by atoms with E-state index in [1.54, 1.807) is 34.8 Å². The second-order valence-corrected chi connectivity index (χ2v) is 11.5. The van der Waals surface area contributed by atoms with Crippen LogP contribution in [0.4, 0.5) is 14.9 Å². The van der Waals surface area contributed by atoms with E-state index in [1.165, 1.54) is 10.5 Å². The van der Waals surface area contributed by atoms with Crippen LogP contribution in [-0.2, 0) is 4.74 Å². The Morgan fingerprint density at radius 2 is 1.76 bits per heavy atom. The minimum Gasteiger partial charge on any atom is -0.444 e. The topological polar surface area (TPSA) is 97.3 Å². The molecular weight excluding hydrogens is 489 g/mol. The van der Waals surface area contributed by atoms with Gasteiger partial charge in [0.05, 0.1) is 16.9 Å². The Hall–Kier alpha value is -4.02. The van der Waals surface area contributed by atoms with Crippen LogP contribution < -0.4 is 10.6 Å². The fraction of sp³-hybridized carbons (Fsp3) is 0.444. The average Bonchev–Trinajstić information content (AvgIpc) is 3.18. The lowest BCUT2D eigenvalue weighted by Crippen LogP contribution is -2.61. The van der Waals surface area contributed by atoms with E-state index in [4.69, 9.17) is 4.74 Å². The molecule has 0 atom stereocenters. The van der Waals surface area contributed by atoms with Crippen molar-refractivity contribution in [1.29, 1.82) is 0 Å². The second kappa shape index (κ2) is 8.78. The van der Waals surface area contributed by atoms with Gasteiger partial charge in [-0.1, -0.05) is 0 Å². The van der Waals surface area contributed by atoms with Crippen LogP contribution in [0.25, 0.3) is 22.7 Å². The van der Waals surface area contributed by atoms with Gasteiger partial charge in [0.15, 0.2) is 17.3 Å². The first kappa shape index (κ1) is 25.6. The van der Waals surface area contributed by atoms with Crippen molar-refractivity contribution in [3.8, 4) is 11.4 Å². The van der Waals surface area contributed by atoms with Crippen LogP contribution in [0.3, 0.4) is 0 Å². The van der Waals surface area contributed by atoms with E-state index in [0.29, 0.717) is 36.5 Å². The first-order chi connectivity index (χ1) is 17.7. The summed E-state index contributed by atoms with van der Waals surface area (Å²) in [5.41, 5.74) is 1.73. The summed E-state index contributed by atoms with van der Waals surface area (Å²) in [4.78, 5) is 42.7. The maximum Gasteiger partial charge on any atom is 0.410 e. The van der Waals surface area contributed by atoms with E-state index in [0.717, 1.165) is 11.3 Å².